The van der Waals surface area contributed by atoms with E-state index in [0.29, 0.717) is 11.1 Å². The lowest BCUT2D eigenvalue weighted by Gasteiger charge is -2.19. The predicted molar refractivity (Wildman–Crippen MR) is 78.0 cm³/mol. The van der Waals surface area contributed by atoms with Crippen molar-refractivity contribution < 1.29 is 4.39 Å². The van der Waals surface area contributed by atoms with E-state index in [1.165, 1.54) is 11.1 Å². The monoisotopic (exact) mass is 257 g/mol. The zero-order chi connectivity index (χ0) is 14.0. The minimum Gasteiger partial charge on any atom is -0.309 e. The smallest absolute Gasteiger partial charge is 0.129 e. The second-order valence-electron chi connectivity index (χ2n) is 5.10. The highest BCUT2D eigenvalue weighted by molar-refractivity contribution is 5.38. The molecule has 0 radical (unpaired) electrons. The maximum atomic E-state index is 13.7. The second-order valence-corrected chi connectivity index (χ2v) is 5.10. The SMILES string of the molecule is CNC(c1cccc(C)c1)c1cc(C)c(F)c(C)c1. The molecule has 0 aromatic heterocycles. The number of hydrogen-bond donors (Lipinski definition) is 1. The average Bonchev–Trinajstić information content (AvgIpc) is 2.37. The fraction of sp³-hybridized carbons (Fsp3) is 0.294. The van der Waals surface area contributed by atoms with Crippen molar-refractivity contribution in [3.8, 4) is 0 Å². The van der Waals surface area contributed by atoms with E-state index in [1.807, 2.05) is 33.0 Å². The van der Waals surface area contributed by atoms with Gasteiger partial charge in [-0.25, -0.2) is 4.39 Å². The second kappa shape index (κ2) is 5.54. The maximum absolute atomic E-state index is 13.7. The van der Waals surface area contributed by atoms with E-state index in [4.69, 9.17) is 0 Å². The van der Waals surface area contributed by atoms with Crippen molar-refractivity contribution in [2.75, 3.05) is 7.05 Å². The van der Waals surface area contributed by atoms with Gasteiger partial charge in [-0.1, -0.05) is 42.0 Å². The lowest BCUT2D eigenvalue weighted by Crippen LogP contribution is -2.18. The fourth-order valence-corrected chi connectivity index (χ4v) is 2.52. The van der Waals surface area contributed by atoms with E-state index in [0.717, 1.165) is 5.56 Å². The zero-order valence-corrected chi connectivity index (χ0v) is 11.9. The average molecular weight is 257 g/mol. The van der Waals surface area contributed by atoms with Gasteiger partial charge in [0.2, 0.25) is 0 Å². The molecule has 100 valence electrons. The first-order chi connectivity index (χ1) is 9.02. The predicted octanol–water partition coefficient (Wildman–Crippen LogP) is 4.06. The summed E-state index contributed by atoms with van der Waals surface area (Å²) in [5.74, 6) is -0.108. The molecular weight excluding hydrogens is 237 g/mol. The summed E-state index contributed by atoms with van der Waals surface area (Å²) in [4.78, 5) is 0. The summed E-state index contributed by atoms with van der Waals surface area (Å²) in [7, 11) is 1.93. The highest BCUT2D eigenvalue weighted by Gasteiger charge is 2.14. The van der Waals surface area contributed by atoms with E-state index in [-0.39, 0.29) is 11.9 Å². The van der Waals surface area contributed by atoms with Crippen LogP contribution in [0.25, 0.3) is 0 Å². The number of benzene rings is 2. The van der Waals surface area contributed by atoms with Crippen LogP contribution in [0.2, 0.25) is 0 Å². The fourth-order valence-electron chi connectivity index (χ4n) is 2.52. The van der Waals surface area contributed by atoms with Crippen LogP contribution >= 0.6 is 0 Å². The largest absolute Gasteiger partial charge is 0.309 e. The quantitative estimate of drug-likeness (QED) is 0.874. The van der Waals surface area contributed by atoms with Gasteiger partial charge in [-0.2, -0.15) is 0 Å². The number of hydrogen-bond acceptors (Lipinski definition) is 1. The zero-order valence-electron chi connectivity index (χ0n) is 11.9. The molecular formula is C17H20FN. The van der Waals surface area contributed by atoms with Gasteiger partial charge >= 0.3 is 0 Å². The van der Waals surface area contributed by atoms with Gasteiger partial charge in [-0.15, -0.1) is 0 Å². The molecule has 2 rings (SSSR count). The van der Waals surface area contributed by atoms with Crippen molar-refractivity contribution in [3.05, 3.63) is 70.0 Å². The standard InChI is InChI=1S/C17H20FN/c1-11-6-5-7-14(8-11)17(19-4)15-9-12(2)16(18)13(3)10-15/h5-10,17,19H,1-4H3. The van der Waals surface area contributed by atoms with Crippen molar-refractivity contribution in [3.63, 3.8) is 0 Å². The molecule has 2 aromatic rings. The van der Waals surface area contributed by atoms with Crippen molar-refractivity contribution in [1.82, 2.24) is 5.32 Å². The van der Waals surface area contributed by atoms with Crippen LogP contribution in [0.5, 0.6) is 0 Å². The van der Waals surface area contributed by atoms with E-state index < -0.39 is 0 Å². The summed E-state index contributed by atoms with van der Waals surface area (Å²) in [5.41, 5.74) is 4.93. The van der Waals surface area contributed by atoms with E-state index >= 15 is 0 Å². The van der Waals surface area contributed by atoms with Gasteiger partial charge in [0.1, 0.15) is 5.82 Å². The molecule has 2 aromatic carbocycles. The summed E-state index contributed by atoms with van der Waals surface area (Å²) >= 11 is 0. The Labute approximate surface area is 114 Å². The van der Waals surface area contributed by atoms with E-state index in [1.54, 1.807) is 0 Å². The third-order valence-electron chi connectivity index (χ3n) is 3.46. The number of rotatable bonds is 3. The van der Waals surface area contributed by atoms with E-state index in [2.05, 4.69) is 36.5 Å². The third-order valence-corrected chi connectivity index (χ3v) is 3.46. The Morgan fingerprint density at radius 1 is 0.947 bits per heavy atom. The normalized spacial score (nSPS) is 12.5. The molecule has 0 bridgehead atoms. The van der Waals surface area contributed by atoms with Crippen LogP contribution in [0.1, 0.15) is 33.9 Å². The molecule has 1 nitrogen and oxygen atoms in total. The van der Waals surface area contributed by atoms with Crippen molar-refractivity contribution >= 4 is 0 Å². The van der Waals surface area contributed by atoms with Crippen LogP contribution in [-0.2, 0) is 0 Å². The minimum atomic E-state index is -0.108. The Kier molecular flexibility index (Phi) is 4.01. The highest BCUT2D eigenvalue weighted by Crippen LogP contribution is 2.25. The Bertz CT molecular complexity index is 567. The van der Waals surface area contributed by atoms with Crippen molar-refractivity contribution in [2.45, 2.75) is 26.8 Å². The first-order valence-electron chi connectivity index (χ1n) is 6.53. The van der Waals surface area contributed by atoms with Crippen LogP contribution in [0.15, 0.2) is 36.4 Å². The van der Waals surface area contributed by atoms with Crippen LogP contribution in [0.4, 0.5) is 4.39 Å². The summed E-state index contributed by atoms with van der Waals surface area (Å²) in [6.07, 6.45) is 0. The summed E-state index contributed by atoms with van der Waals surface area (Å²) in [6, 6.07) is 12.3. The van der Waals surface area contributed by atoms with Gasteiger partial charge in [-0.05, 0) is 50.1 Å². The van der Waals surface area contributed by atoms with Crippen LogP contribution < -0.4 is 5.32 Å². The Morgan fingerprint density at radius 2 is 1.58 bits per heavy atom. The summed E-state index contributed by atoms with van der Waals surface area (Å²) in [6.45, 7) is 5.71. The molecule has 0 aliphatic rings. The maximum Gasteiger partial charge on any atom is 0.129 e. The number of halogens is 1. The summed E-state index contributed by atoms with van der Waals surface area (Å²) in [5, 5.41) is 3.31. The summed E-state index contributed by atoms with van der Waals surface area (Å²) < 4.78 is 13.7. The van der Waals surface area contributed by atoms with Gasteiger partial charge in [-0.3, -0.25) is 0 Å². The Balaban J connectivity index is 2.48. The van der Waals surface area contributed by atoms with Crippen molar-refractivity contribution in [2.24, 2.45) is 0 Å². The molecule has 0 spiro atoms. The first-order valence-corrected chi connectivity index (χ1v) is 6.53. The van der Waals surface area contributed by atoms with Crippen molar-refractivity contribution in [1.29, 1.82) is 0 Å². The molecule has 0 heterocycles. The topological polar surface area (TPSA) is 12.0 Å². The highest BCUT2D eigenvalue weighted by atomic mass is 19.1. The molecule has 0 saturated heterocycles. The Hall–Kier alpha value is -1.67. The molecule has 1 N–H and O–H groups in total. The molecule has 0 saturated carbocycles. The molecule has 0 aliphatic heterocycles. The van der Waals surface area contributed by atoms with Gasteiger partial charge in [0.25, 0.3) is 0 Å². The minimum absolute atomic E-state index is 0.0953. The van der Waals surface area contributed by atoms with Crippen LogP contribution in [0.3, 0.4) is 0 Å². The molecule has 0 aliphatic carbocycles. The lowest BCUT2D eigenvalue weighted by atomic mass is 9.94. The van der Waals surface area contributed by atoms with Crippen LogP contribution in [-0.4, -0.2) is 7.05 Å². The molecule has 0 amide bonds. The van der Waals surface area contributed by atoms with Gasteiger partial charge < -0.3 is 5.32 Å². The number of aryl methyl sites for hydroxylation is 3. The number of nitrogens with one attached hydrogen (secondary N) is 1. The molecule has 2 heteroatoms. The van der Waals surface area contributed by atoms with Crippen LogP contribution in [0, 0.1) is 26.6 Å². The third kappa shape index (κ3) is 2.85. The molecule has 1 atom stereocenters. The first kappa shape index (κ1) is 13.8. The Morgan fingerprint density at radius 3 is 2.11 bits per heavy atom. The van der Waals surface area contributed by atoms with Gasteiger partial charge in [0, 0.05) is 0 Å². The van der Waals surface area contributed by atoms with Gasteiger partial charge in [0.15, 0.2) is 0 Å². The van der Waals surface area contributed by atoms with Gasteiger partial charge in [0.05, 0.1) is 6.04 Å². The van der Waals surface area contributed by atoms with E-state index in [9.17, 15) is 4.39 Å². The lowest BCUT2D eigenvalue weighted by molar-refractivity contribution is 0.604. The molecule has 19 heavy (non-hydrogen) atoms. The molecule has 0 fully saturated rings. The molecule has 1 unspecified atom stereocenters.